The lowest BCUT2D eigenvalue weighted by Gasteiger charge is -2.17. The van der Waals surface area contributed by atoms with Crippen LogP contribution in [0.4, 0.5) is 4.39 Å². The van der Waals surface area contributed by atoms with Crippen molar-refractivity contribution in [2.75, 3.05) is 0 Å². The molecule has 1 heterocycles. The zero-order chi connectivity index (χ0) is 14.5. The number of thiophene rings is 1. The van der Waals surface area contributed by atoms with Crippen LogP contribution < -0.4 is 5.32 Å². The van der Waals surface area contributed by atoms with Crippen molar-refractivity contribution in [3.05, 3.63) is 58.0 Å². The minimum Gasteiger partial charge on any atom is -0.481 e. The Morgan fingerprint density at radius 3 is 2.50 bits per heavy atom. The van der Waals surface area contributed by atoms with E-state index in [1.54, 1.807) is 17.5 Å². The number of carboxylic acids is 1. The summed E-state index contributed by atoms with van der Waals surface area (Å²) in [6.07, 6.45) is -0.261. The zero-order valence-electron chi connectivity index (χ0n) is 10.4. The molecule has 2 aromatic rings. The van der Waals surface area contributed by atoms with E-state index < -0.39 is 17.8 Å². The van der Waals surface area contributed by atoms with Crippen molar-refractivity contribution in [3.63, 3.8) is 0 Å². The first-order valence-electron chi connectivity index (χ1n) is 5.88. The molecular weight excluding hydrogens is 281 g/mol. The number of amides is 1. The van der Waals surface area contributed by atoms with Crippen molar-refractivity contribution in [2.45, 2.75) is 12.5 Å². The van der Waals surface area contributed by atoms with Gasteiger partial charge in [0.25, 0.3) is 5.91 Å². The molecule has 1 unspecified atom stereocenters. The monoisotopic (exact) mass is 293 g/mol. The van der Waals surface area contributed by atoms with Gasteiger partial charge in [0.15, 0.2) is 0 Å². The second kappa shape index (κ2) is 6.29. The quantitative estimate of drug-likeness (QED) is 0.891. The maximum Gasteiger partial charge on any atom is 0.305 e. The van der Waals surface area contributed by atoms with Gasteiger partial charge in [0.2, 0.25) is 0 Å². The molecule has 104 valence electrons. The molecule has 0 saturated heterocycles. The van der Waals surface area contributed by atoms with Gasteiger partial charge in [-0.2, -0.15) is 0 Å². The summed E-state index contributed by atoms with van der Waals surface area (Å²) in [6.45, 7) is 0. The minimum absolute atomic E-state index is 0.261. The van der Waals surface area contributed by atoms with Gasteiger partial charge in [-0.1, -0.05) is 18.2 Å². The van der Waals surface area contributed by atoms with E-state index in [1.165, 1.54) is 35.6 Å². The third-order valence-electron chi connectivity index (χ3n) is 2.70. The van der Waals surface area contributed by atoms with E-state index in [0.717, 1.165) is 0 Å². The van der Waals surface area contributed by atoms with E-state index in [9.17, 15) is 14.0 Å². The number of carboxylic acid groups (broad SMARTS) is 1. The largest absolute Gasteiger partial charge is 0.481 e. The van der Waals surface area contributed by atoms with Gasteiger partial charge < -0.3 is 10.4 Å². The summed E-state index contributed by atoms with van der Waals surface area (Å²) in [5.41, 5.74) is 0.554. The summed E-state index contributed by atoms with van der Waals surface area (Å²) in [7, 11) is 0. The highest BCUT2D eigenvalue weighted by Gasteiger charge is 2.19. The molecule has 2 rings (SSSR count). The van der Waals surface area contributed by atoms with E-state index in [1.807, 2.05) is 0 Å². The highest BCUT2D eigenvalue weighted by molar-refractivity contribution is 7.12. The standard InChI is InChI=1S/C14H12FNO3S/c15-10-5-3-9(4-6-10)11(8-13(17)18)16-14(19)12-2-1-7-20-12/h1-7,11H,8H2,(H,16,19)(H,17,18). The van der Waals surface area contributed by atoms with Crippen LogP contribution in [0.1, 0.15) is 27.7 Å². The summed E-state index contributed by atoms with van der Waals surface area (Å²) < 4.78 is 12.9. The lowest BCUT2D eigenvalue weighted by Crippen LogP contribution is -2.29. The lowest BCUT2D eigenvalue weighted by molar-refractivity contribution is -0.137. The van der Waals surface area contributed by atoms with Crippen molar-refractivity contribution in [2.24, 2.45) is 0 Å². The molecule has 0 bridgehead atoms. The fraction of sp³-hybridized carbons (Fsp3) is 0.143. The number of nitrogens with one attached hydrogen (secondary N) is 1. The Hall–Kier alpha value is -2.21. The van der Waals surface area contributed by atoms with Gasteiger partial charge in [-0.05, 0) is 29.1 Å². The molecule has 0 aliphatic rings. The maximum absolute atomic E-state index is 12.9. The van der Waals surface area contributed by atoms with Crippen molar-refractivity contribution in [1.82, 2.24) is 5.32 Å². The number of benzene rings is 1. The first kappa shape index (κ1) is 14.2. The average Bonchev–Trinajstić information content (AvgIpc) is 2.92. The molecule has 6 heteroatoms. The summed E-state index contributed by atoms with van der Waals surface area (Å²) >= 11 is 1.27. The molecule has 2 N–H and O–H groups in total. The van der Waals surface area contributed by atoms with Gasteiger partial charge in [0.1, 0.15) is 5.82 Å². The van der Waals surface area contributed by atoms with E-state index in [0.29, 0.717) is 10.4 Å². The number of carbonyl (C=O) groups excluding carboxylic acids is 1. The van der Waals surface area contributed by atoms with Crippen LogP contribution in [0.5, 0.6) is 0 Å². The molecule has 0 saturated carbocycles. The van der Waals surface area contributed by atoms with Crippen LogP contribution in [0.3, 0.4) is 0 Å². The fourth-order valence-electron chi connectivity index (χ4n) is 1.76. The third kappa shape index (κ3) is 3.64. The summed E-state index contributed by atoms with van der Waals surface area (Å²) in [5.74, 6) is -1.78. The van der Waals surface area contributed by atoms with Crippen LogP contribution in [0.2, 0.25) is 0 Å². The molecule has 1 aromatic heterocycles. The van der Waals surface area contributed by atoms with Gasteiger partial charge in [-0.25, -0.2) is 4.39 Å². The van der Waals surface area contributed by atoms with Crippen LogP contribution in [-0.2, 0) is 4.79 Å². The molecule has 0 radical (unpaired) electrons. The number of hydrogen-bond acceptors (Lipinski definition) is 3. The Morgan fingerprint density at radius 1 is 1.25 bits per heavy atom. The van der Waals surface area contributed by atoms with Crippen molar-refractivity contribution >= 4 is 23.2 Å². The molecule has 1 aromatic carbocycles. The summed E-state index contributed by atoms with van der Waals surface area (Å²) in [5, 5.41) is 13.3. The number of halogens is 1. The van der Waals surface area contributed by atoms with Crippen molar-refractivity contribution in [3.8, 4) is 0 Å². The van der Waals surface area contributed by atoms with Gasteiger partial charge in [-0.15, -0.1) is 11.3 Å². The predicted molar refractivity (Wildman–Crippen MR) is 73.2 cm³/mol. The molecule has 4 nitrogen and oxygen atoms in total. The predicted octanol–water partition coefficient (Wildman–Crippen LogP) is 2.83. The van der Waals surface area contributed by atoms with E-state index in [4.69, 9.17) is 5.11 Å². The smallest absolute Gasteiger partial charge is 0.305 e. The topological polar surface area (TPSA) is 66.4 Å². The summed E-state index contributed by atoms with van der Waals surface area (Å²) in [6, 6.07) is 8.12. The first-order chi connectivity index (χ1) is 9.56. The van der Waals surface area contributed by atoms with Gasteiger partial charge in [0.05, 0.1) is 17.3 Å². The second-order valence-corrected chi connectivity index (χ2v) is 5.10. The van der Waals surface area contributed by atoms with Gasteiger partial charge in [-0.3, -0.25) is 9.59 Å². The van der Waals surface area contributed by atoms with Crippen molar-refractivity contribution in [1.29, 1.82) is 0 Å². The second-order valence-electron chi connectivity index (χ2n) is 4.15. The van der Waals surface area contributed by atoms with Crippen LogP contribution in [0.15, 0.2) is 41.8 Å². The molecule has 0 aliphatic heterocycles. The Balaban J connectivity index is 2.17. The van der Waals surface area contributed by atoms with Gasteiger partial charge in [0, 0.05) is 0 Å². The average molecular weight is 293 g/mol. The summed E-state index contributed by atoms with van der Waals surface area (Å²) in [4.78, 5) is 23.4. The number of carbonyl (C=O) groups is 2. The highest BCUT2D eigenvalue weighted by Crippen LogP contribution is 2.19. The lowest BCUT2D eigenvalue weighted by atomic mass is 10.0. The fourth-order valence-corrected chi connectivity index (χ4v) is 2.39. The Bertz CT molecular complexity index is 595. The first-order valence-corrected chi connectivity index (χ1v) is 6.76. The maximum atomic E-state index is 12.9. The van der Waals surface area contributed by atoms with Gasteiger partial charge >= 0.3 is 5.97 Å². The number of aliphatic carboxylic acids is 1. The van der Waals surface area contributed by atoms with E-state index >= 15 is 0 Å². The molecule has 0 spiro atoms. The van der Waals surface area contributed by atoms with Crippen LogP contribution in [0, 0.1) is 5.82 Å². The van der Waals surface area contributed by atoms with Crippen molar-refractivity contribution < 1.29 is 19.1 Å². The zero-order valence-corrected chi connectivity index (χ0v) is 11.2. The van der Waals surface area contributed by atoms with Crippen LogP contribution >= 0.6 is 11.3 Å². The van der Waals surface area contributed by atoms with Crippen LogP contribution in [-0.4, -0.2) is 17.0 Å². The Morgan fingerprint density at radius 2 is 1.95 bits per heavy atom. The number of hydrogen-bond donors (Lipinski definition) is 2. The third-order valence-corrected chi connectivity index (χ3v) is 3.57. The normalized spacial score (nSPS) is 11.8. The Kier molecular flexibility index (Phi) is 4.47. The molecular formula is C14H12FNO3S. The minimum atomic E-state index is -1.04. The molecule has 20 heavy (non-hydrogen) atoms. The molecule has 1 amide bonds. The highest BCUT2D eigenvalue weighted by atomic mass is 32.1. The SMILES string of the molecule is O=C(O)CC(NC(=O)c1cccs1)c1ccc(F)cc1. The van der Waals surface area contributed by atoms with Crippen LogP contribution in [0.25, 0.3) is 0 Å². The molecule has 1 atom stereocenters. The van der Waals surface area contributed by atoms with E-state index in [-0.39, 0.29) is 12.3 Å². The molecule has 0 aliphatic carbocycles. The van der Waals surface area contributed by atoms with E-state index in [2.05, 4.69) is 5.32 Å². The number of rotatable bonds is 5. The Labute approximate surface area is 118 Å². The molecule has 0 fully saturated rings.